The van der Waals surface area contributed by atoms with Crippen molar-refractivity contribution in [1.82, 2.24) is 14.9 Å². The van der Waals surface area contributed by atoms with Crippen LogP contribution in [0.5, 0.6) is 0 Å². The van der Waals surface area contributed by atoms with Gasteiger partial charge in [-0.25, -0.2) is 4.98 Å². The Morgan fingerprint density at radius 2 is 2.16 bits per heavy atom. The standard InChI is InChI=1S/C16H21N3/c1-2-5-14(6-3-1)8-10-19-13-18-12-16(19)15-7-4-9-17-11-15/h1-3,5-6,12-13,15,17H,4,7-11H2. The van der Waals surface area contributed by atoms with Crippen molar-refractivity contribution in [3.05, 3.63) is 54.1 Å². The smallest absolute Gasteiger partial charge is 0.0948 e. The highest BCUT2D eigenvalue weighted by Crippen LogP contribution is 2.23. The van der Waals surface area contributed by atoms with Gasteiger partial charge in [-0.1, -0.05) is 30.3 Å². The molecular weight excluding hydrogens is 234 g/mol. The van der Waals surface area contributed by atoms with E-state index in [9.17, 15) is 0 Å². The predicted molar refractivity (Wildman–Crippen MR) is 77.2 cm³/mol. The van der Waals surface area contributed by atoms with Crippen LogP contribution in [-0.4, -0.2) is 22.6 Å². The summed E-state index contributed by atoms with van der Waals surface area (Å²) >= 11 is 0. The summed E-state index contributed by atoms with van der Waals surface area (Å²) in [6, 6.07) is 10.7. The van der Waals surface area contributed by atoms with Gasteiger partial charge >= 0.3 is 0 Å². The quantitative estimate of drug-likeness (QED) is 0.910. The van der Waals surface area contributed by atoms with Crippen LogP contribution in [0.1, 0.15) is 30.0 Å². The molecule has 0 radical (unpaired) electrons. The van der Waals surface area contributed by atoms with Crippen LogP contribution in [0.15, 0.2) is 42.9 Å². The molecule has 1 saturated heterocycles. The maximum absolute atomic E-state index is 4.34. The van der Waals surface area contributed by atoms with Gasteiger partial charge in [0.25, 0.3) is 0 Å². The second-order valence-electron chi connectivity index (χ2n) is 5.29. The predicted octanol–water partition coefficient (Wildman–Crippen LogP) is 2.59. The molecule has 0 bridgehead atoms. The number of hydrogen-bond donors (Lipinski definition) is 1. The zero-order valence-electron chi connectivity index (χ0n) is 11.3. The average Bonchev–Trinajstić information content (AvgIpc) is 2.95. The Labute approximate surface area is 114 Å². The first-order valence-electron chi connectivity index (χ1n) is 7.18. The fraction of sp³-hybridized carbons (Fsp3) is 0.438. The number of aryl methyl sites for hydroxylation is 2. The van der Waals surface area contributed by atoms with E-state index in [1.807, 2.05) is 12.5 Å². The molecule has 19 heavy (non-hydrogen) atoms. The Hall–Kier alpha value is -1.61. The zero-order chi connectivity index (χ0) is 12.9. The minimum absolute atomic E-state index is 0.632. The van der Waals surface area contributed by atoms with Gasteiger partial charge in [0.05, 0.1) is 6.33 Å². The molecule has 3 heteroatoms. The lowest BCUT2D eigenvalue weighted by atomic mass is 9.96. The summed E-state index contributed by atoms with van der Waals surface area (Å²) in [6.07, 6.45) is 7.65. The Bertz CT molecular complexity index is 498. The molecule has 0 spiro atoms. The molecule has 1 aliphatic rings. The SMILES string of the molecule is c1ccc(CCn2cncc2C2CCCNC2)cc1. The van der Waals surface area contributed by atoms with Crippen molar-refractivity contribution >= 4 is 0 Å². The first-order chi connectivity index (χ1) is 9.43. The molecule has 2 heterocycles. The Balaban J connectivity index is 1.66. The number of nitrogens with one attached hydrogen (secondary N) is 1. The summed E-state index contributed by atoms with van der Waals surface area (Å²) in [5, 5.41) is 3.48. The van der Waals surface area contributed by atoms with E-state index in [2.05, 4.69) is 45.2 Å². The molecule has 1 unspecified atom stereocenters. The van der Waals surface area contributed by atoms with E-state index in [1.54, 1.807) is 0 Å². The number of nitrogens with zero attached hydrogens (tertiary/aromatic N) is 2. The summed E-state index contributed by atoms with van der Waals surface area (Å²) in [7, 11) is 0. The minimum Gasteiger partial charge on any atom is -0.334 e. The van der Waals surface area contributed by atoms with Gasteiger partial charge in [-0.3, -0.25) is 0 Å². The third-order valence-corrected chi connectivity index (χ3v) is 3.94. The third-order valence-electron chi connectivity index (χ3n) is 3.94. The fourth-order valence-corrected chi connectivity index (χ4v) is 2.86. The van der Waals surface area contributed by atoms with Gasteiger partial charge in [-0.05, 0) is 31.4 Å². The fourth-order valence-electron chi connectivity index (χ4n) is 2.86. The molecule has 2 aromatic rings. The van der Waals surface area contributed by atoms with Gasteiger partial charge in [-0.2, -0.15) is 0 Å². The van der Waals surface area contributed by atoms with Gasteiger partial charge < -0.3 is 9.88 Å². The summed E-state index contributed by atoms with van der Waals surface area (Å²) in [5.74, 6) is 0.632. The van der Waals surface area contributed by atoms with Crippen LogP contribution in [0, 0.1) is 0 Å². The summed E-state index contributed by atoms with van der Waals surface area (Å²) < 4.78 is 2.32. The molecule has 1 aliphatic heterocycles. The third kappa shape index (κ3) is 3.04. The first-order valence-corrected chi connectivity index (χ1v) is 7.18. The normalized spacial score (nSPS) is 19.5. The van der Waals surface area contributed by atoms with Crippen molar-refractivity contribution in [2.45, 2.75) is 31.7 Å². The number of hydrogen-bond acceptors (Lipinski definition) is 2. The Kier molecular flexibility index (Phi) is 3.94. The molecular formula is C16H21N3. The van der Waals surface area contributed by atoms with Crippen molar-refractivity contribution in [2.24, 2.45) is 0 Å². The van der Waals surface area contributed by atoms with Crippen LogP contribution >= 0.6 is 0 Å². The van der Waals surface area contributed by atoms with Crippen molar-refractivity contribution in [3.8, 4) is 0 Å². The largest absolute Gasteiger partial charge is 0.334 e. The van der Waals surface area contributed by atoms with Crippen LogP contribution in [0.3, 0.4) is 0 Å². The van der Waals surface area contributed by atoms with Crippen LogP contribution < -0.4 is 5.32 Å². The van der Waals surface area contributed by atoms with Crippen LogP contribution in [-0.2, 0) is 13.0 Å². The molecule has 1 aromatic carbocycles. The highest BCUT2D eigenvalue weighted by atomic mass is 15.1. The monoisotopic (exact) mass is 255 g/mol. The number of imidazole rings is 1. The van der Waals surface area contributed by atoms with Crippen LogP contribution in [0.4, 0.5) is 0 Å². The number of rotatable bonds is 4. The zero-order valence-corrected chi connectivity index (χ0v) is 11.3. The maximum atomic E-state index is 4.34. The highest BCUT2D eigenvalue weighted by Gasteiger charge is 2.18. The van der Waals surface area contributed by atoms with Gasteiger partial charge in [0.1, 0.15) is 0 Å². The van der Waals surface area contributed by atoms with E-state index in [4.69, 9.17) is 0 Å². The second-order valence-corrected chi connectivity index (χ2v) is 5.29. The van der Waals surface area contributed by atoms with Crippen molar-refractivity contribution in [2.75, 3.05) is 13.1 Å². The van der Waals surface area contributed by atoms with Crippen LogP contribution in [0.25, 0.3) is 0 Å². The van der Waals surface area contributed by atoms with Gasteiger partial charge in [0.2, 0.25) is 0 Å². The van der Waals surface area contributed by atoms with E-state index >= 15 is 0 Å². The average molecular weight is 255 g/mol. The lowest BCUT2D eigenvalue weighted by Crippen LogP contribution is -2.29. The Morgan fingerprint density at radius 3 is 2.95 bits per heavy atom. The van der Waals surface area contributed by atoms with E-state index in [0.29, 0.717) is 5.92 Å². The highest BCUT2D eigenvalue weighted by molar-refractivity contribution is 5.15. The van der Waals surface area contributed by atoms with Crippen molar-refractivity contribution in [1.29, 1.82) is 0 Å². The lowest BCUT2D eigenvalue weighted by Gasteiger charge is -2.23. The molecule has 1 fully saturated rings. The topological polar surface area (TPSA) is 29.9 Å². The molecule has 1 atom stereocenters. The summed E-state index contributed by atoms with van der Waals surface area (Å²) in [4.78, 5) is 4.34. The molecule has 0 amide bonds. The van der Waals surface area contributed by atoms with Crippen molar-refractivity contribution < 1.29 is 0 Å². The molecule has 1 N–H and O–H groups in total. The lowest BCUT2D eigenvalue weighted by molar-refractivity contribution is 0.440. The number of benzene rings is 1. The summed E-state index contributed by atoms with van der Waals surface area (Å²) in [5.41, 5.74) is 2.78. The molecule has 3 nitrogen and oxygen atoms in total. The van der Waals surface area contributed by atoms with E-state index in [-0.39, 0.29) is 0 Å². The van der Waals surface area contributed by atoms with Crippen molar-refractivity contribution in [3.63, 3.8) is 0 Å². The molecule has 0 aliphatic carbocycles. The van der Waals surface area contributed by atoms with Gasteiger partial charge in [0.15, 0.2) is 0 Å². The van der Waals surface area contributed by atoms with Gasteiger partial charge in [-0.15, -0.1) is 0 Å². The molecule has 0 saturated carbocycles. The number of aromatic nitrogens is 2. The molecule has 3 rings (SSSR count). The Morgan fingerprint density at radius 1 is 1.26 bits per heavy atom. The molecule has 100 valence electrons. The van der Waals surface area contributed by atoms with E-state index in [0.717, 1.165) is 26.1 Å². The van der Waals surface area contributed by atoms with E-state index in [1.165, 1.54) is 24.1 Å². The minimum atomic E-state index is 0.632. The number of piperidine rings is 1. The summed E-state index contributed by atoms with van der Waals surface area (Å²) in [6.45, 7) is 3.28. The van der Waals surface area contributed by atoms with E-state index < -0.39 is 0 Å². The van der Waals surface area contributed by atoms with Crippen LogP contribution in [0.2, 0.25) is 0 Å². The van der Waals surface area contributed by atoms with Gasteiger partial charge in [0, 0.05) is 30.9 Å². The maximum Gasteiger partial charge on any atom is 0.0948 e. The first kappa shape index (κ1) is 12.4. The molecule has 1 aromatic heterocycles. The second kappa shape index (κ2) is 6.02.